The standard InChI is InChI=1S/C17H14F3NO4/c1-10(25-11-5-3-2-4-6-11)17(23)24-9-14(22)21-13-8-7-12(18)15(19)16(13)20/h2-8,10H,9H2,1H3,(H,21,22)/t10-/m0/s1. The number of hydrogen-bond donors (Lipinski definition) is 1. The molecule has 25 heavy (non-hydrogen) atoms. The molecule has 2 rings (SSSR count). The largest absolute Gasteiger partial charge is 0.479 e. The van der Waals surface area contributed by atoms with Crippen LogP contribution in [0.3, 0.4) is 0 Å². The number of ether oxygens (including phenoxy) is 2. The van der Waals surface area contributed by atoms with Crippen molar-refractivity contribution in [2.75, 3.05) is 11.9 Å². The molecule has 0 aliphatic heterocycles. The van der Waals surface area contributed by atoms with Gasteiger partial charge in [0.25, 0.3) is 5.91 Å². The molecule has 0 radical (unpaired) electrons. The van der Waals surface area contributed by atoms with Gasteiger partial charge in [-0.2, -0.15) is 0 Å². The highest BCUT2D eigenvalue weighted by atomic mass is 19.2. The Labute approximate surface area is 141 Å². The number of carbonyl (C=O) groups is 2. The fraction of sp³-hybridized carbons (Fsp3) is 0.176. The minimum absolute atomic E-state index is 0.445. The summed E-state index contributed by atoms with van der Waals surface area (Å²) in [5.41, 5.74) is -0.562. The molecule has 2 aromatic rings. The molecule has 0 saturated carbocycles. The van der Waals surface area contributed by atoms with Crippen LogP contribution in [0.5, 0.6) is 5.75 Å². The number of esters is 1. The normalized spacial score (nSPS) is 11.5. The van der Waals surface area contributed by atoms with E-state index in [0.29, 0.717) is 11.8 Å². The highest BCUT2D eigenvalue weighted by molar-refractivity contribution is 5.93. The molecule has 2 aromatic carbocycles. The van der Waals surface area contributed by atoms with Gasteiger partial charge in [0, 0.05) is 0 Å². The van der Waals surface area contributed by atoms with Crippen LogP contribution in [-0.2, 0) is 14.3 Å². The average Bonchev–Trinajstić information content (AvgIpc) is 2.61. The third-order valence-corrected chi connectivity index (χ3v) is 3.04. The summed E-state index contributed by atoms with van der Waals surface area (Å²) in [6.07, 6.45) is -0.977. The quantitative estimate of drug-likeness (QED) is 0.640. The van der Waals surface area contributed by atoms with Gasteiger partial charge < -0.3 is 14.8 Å². The van der Waals surface area contributed by atoms with E-state index in [1.807, 2.05) is 5.32 Å². The molecule has 1 atom stereocenters. The molecule has 0 aliphatic rings. The van der Waals surface area contributed by atoms with Gasteiger partial charge in [0.05, 0.1) is 5.69 Å². The van der Waals surface area contributed by atoms with Gasteiger partial charge in [-0.15, -0.1) is 0 Å². The van der Waals surface area contributed by atoms with Crippen molar-refractivity contribution in [2.24, 2.45) is 0 Å². The maximum atomic E-state index is 13.4. The van der Waals surface area contributed by atoms with E-state index >= 15 is 0 Å². The Kier molecular flexibility index (Phi) is 5.99. The van der Waals surface area contributed by atoms with E-state index in [4.69, 9.17) is 9.47 Å². The van der Waals surface area contributed by atoms with Gasteiger partial charge >= 0.3 is 5.97 Å². The Morgan fingerprint density at radius 2 is 1.72 bits per heavy atom. The van der Waals surface area contributed by atoms with Crippen LogP contribution in [0, 0.1) is 17.5 Å². The molecule has 8 heteroatoms. The van der Waals surface area contributed by atoms with Gasteiger partial charge in [0.1, 0.15) is 5.75 Å². The van der Waals surface area contributed by atoms with Crippen LogP contribution >= 0.6 is 0 Å². The van der Waals surface area contributed by atoms with E-state index in [9.17, 15) is 22.8 Å². The lowest BCUT2D eigenvalue weighted by molar-refractivity contribution is -0.153. The highest BCUT2D eigenvalue weighted by Crippen LogP contribution is 2.19. The molecule has 1 N–H and O–H groups in total. The van der Waals surface area contributed by atoms with Gasteiger partial charge in [-0.1, -0.05) is 18.2 Å². The van der Waals surface area contributed by atoms with E-state index in [-0.39, 0.29) is 0 Å². The van der Waals surface area contributed by atoms with Crippen molar-refractivity contribution in [3.8, 4) is 5.75 Å². The molecule has 0 aliphatic carbocycles. The number of amides is 1. The summed E-state index contributed by atoms with van der Waals surface area (Å²) in [6.45, 7) is 0.696. The fourth-order valence-electron chi connectivity index (χ4n) is 1.81. The Morgan fingerprint density at radius 3 is 2.40 bits per heavy atom. The third-order valence-electron chi connectivity index (χ3n) is 3.04. The summed E-state index contributed by atoms with van der Waals surface area (Å²) >= 11 is 0. The molecule has 132 valence electrons. The first-order valence-corrected chi connectivity index (χ1v) is 7.20. The topological polar surface area (TPSA) is 64.6 Å². The molecule has 5 nitrogen and oxygen atoms in total. The second-order valence-corrected chi connectivity index (χ2v) is 4.95. The van der Waals surface area contributed by atoms with Crippen molar-refractivity contribution < 1.29 is 32.2 Å². The molecule has 1 amide bonds. The third kappa shape index (κ3) is 4.97. The molecule has 0 heterocycles. The van der Waals surface area contributed by atoms with Crippen molar-refractivity contribution in [1.29, 1.82) is 0 Å². The number of rotatable bonds is 6. The monoisotopic (exact) mass is 353 g/mol. The summed E-state index contributed by atoms with van der Waals surface area (Å²) in [5.74, 6) is -5.91. The van der Waals surface area contributed by atoms with Gasteiger partial charge in [-0.05, 0) is 31.2 Å². The number of para-hydroxylation sites is 1. The van der Waals surface area contributed by atoms with Crippen LogP contribution in [0.1, 0.15) is 6.92 Å². The lowest BCUT2D eigenvalue weighted by atomic mass is 10.3. The second kappa shape index (κ2) is 8.18. The van der Waals surface area contributed by atoms with Gasteiger partial charge in [0.2, 0.25) is 0 Å². The molecular formula is C17H14F3NO4. The maximum Gasteiger partial charge on any atom is 0.347 e. The summed E-state index contributed by atoms with van der Waals surface area (Å²) in [6, 6.07) is 10.0. The number of carbonyl (C=O) groups excluding carboxylic acids is 2. The summed E-state index contributed by atoms with van der Waals surface area (Å²) in [5, 5.41) is 1.98. The van der Waals surface area contributed by atoms with Crippen LogP contribution in [0.25, 0.3) is 0 Å². The molecule has 0 bridgehead atoms. The SMILES string of the molecule is C[C@H](Oc1ccccc1)C(=O)OCC(=O)Nc1ccc(F)c(F)c1F. The second-order valence-electron chi connectivity index (χ2n) is 4.95. The van der Waals surface area contributed by atoms with Crippen molar-refractivity contribution in [3.05, 3.63) is 59.9 Å². The fourth-order valence-corrected chi connectivity index (χ4v) is 1.81. The smallest absolute Gasteiger partial charge is 0.347 e. The van der Waals surface area contributed by atoms with Crippen molar-refractivity contribution in [3.63, 3.8) is 0 Å². The summed E-state index contributed by atoms with van der Waals surface area (Å²) < 4.78 is 49.4. The number of anilines is 1. The van der Waals surface area contributed by atoms with Gasteiger partial charge in [-0.25, -0.2) is 18.0 Å². The predicted octanol–water partition coefficient (Wildman–Crippen LogP) is 3.05. The minimum atomic E-state index is -1.71. The number of benzene rings is 2. The average molecular weight is 353 g/mol. The van der Waals surface area contributed by atoms with Gasteiger partial charge in [-0.3, -0.25) is 4.79 Å². The van der Waals surface area contributed by atoms with E-state index < -0.39 is 47.7 Å². The zero-order chi connectivity index (χ0) is 18.4. The number of hydrogen-bond acceptors (Lipinski definition) is 4. The van der Waals surface area contributed by atoms with E-state index in [2.05, 4.69) is 0 Å². The van der Waals surface area contributed by atoms with Crippen LogP contribution in [-0.4, -0.2) is 24.6 Å². The number of halogens is 3. The van der Waals surface area contributed by atoms with Crippen LogP contribution in [0.15, 0.2) is 42.5 Å². The molecule has 0 fully saturated rings. The zero-order valence-electron chi connectivity index (χ0n) is 13.1. The van der Waals surface area contributed by atoms with Gasteiger partial charge in [0.15, 0.2) is 30.2 Å². The van der Waals surface area contributed by atoms with Crippen LogP contribution in [0.4, 0.5) is 18.9 Å². The Balaban J connectivity index is 1.85. The minimum Gasteiger partial charge on any atom is -0.479 e. The van der Waals surface area contributed by atoms with Crippen LogP contribution < -0.4 is 10.1 Å². The summed E-state index contributed by atoms with van der Waals surface area (Å²) in [4.78, 5) is 23.4. The highest BCUT2D eigenvalue weighted by Gasteiger charge is 2.19. The van der Waals surface area contributed by atoms with Crippen molar-refractivity contribution >= 4 is 17.6 Å². The lowest BCUT2D eigenvalue weighted by Gasteiger charge is -2.14. The molecule has 0 unspecified atom stereocenters. The van der Waals surface area contributed by atoms with Crippen molar-refractivity contribution in [2.45, 2.75) is 13.0 Å². The lowest BCUT2D eigenvalue weighted by Crippen LogP contribution is -2.30. The Hall–Kier alpha value is -3.03. The number of nitrogens with one attached hydrogen (secondary N) is 1. The van der Waals surface area contributed by atoms with Crippen LogP contribution in [0.2, 0.25) is 0 Å². The van der Waals surface area contributed by atoms with E-state index in [1.54, 1.807) is 30.3 Å². The zero-order valence-corrected chi connectivity index (χ0v) is 13.1. The first kappa shape index (κ1) is 18.3. The molecule has 0 spiro atoms. The first-order chi connectivity index (χ1) is 11.9. The molecule has 0 aromatic heterocycles. The predicted molar refractivity (Wildman–Crippen MR) is 82.4 cm³/mol. The van der Waals surface area contributed by atoms with E-state index in [0.717, 1.165) is 6.07 Å². The Morgan fingerprint density at radius 1 is 1.04 bits per heavy atom. The van der Waals surface area contributed by atoms with Crippen molar-refractivity contribution in [1.82, 2.24) is 0 Å². The summed E-state index contributed by atoms with van der Waals surface area (Å²) in [7, 11) is 0. The Bertz CT molecular complexity index is 768. The first-order valence-electron chi connectivity index (χ1n) is 7.20. The van der Waals surface area contributed by atoms with E-state index in [1.165, 1.54) is 6.92 Å². The molecule has 0 saturated heterocycles. The molecular weight excluding hydrogens is 339 g/mol. The maximum absolute atomic E-state index is 13.4.